The van der Waals surface area contributed by atoms with Crippen molar-refractivity contribution in [2.75, 3.05) is 27.3 Å². The molecule has 6 nitrogen and oxygen atoms in total. The van der Waals surface area contributed by atoms with Gasteiger partial charge >= 0.3 is 0 Å². The quantitative estimate of drug-likeness (QED) is 0.778. The summed E-state index contributed by atoms with van der Waals surface area (Å²) in [5, 5.41) is 0. The number of halogens is 2. The first kappa shape index (κ1) is 18.5. The lowest BCUT2D eigenvalue weighted by Gasteiger charge is -2.12. The van der Waals surface area contributed by atoms with Crippen molar-refractivity contribution in [1.29, 1.82) is 0 Å². The highest BCUT2D eigenvalue weighted by Gasteiger charge is 2.20. The van der Waals surface area contributed by atoms with E-state index in [0.717, 1.165) is 0 Å². The molecule has 0 atom stereocenters. The van der Waals surface area contributed by atoms with Gasteiger partial charge in [-0.2, -0.15) is 0 Å². The normalized spacial score (nSPS) is 10.7. The van der Waals surface area contributed by atoms with Crippen LogP contribution in [-0.4, -0.2) is 35.7 Å². The Morgan fingerprint density at radius 3 is 2.26 bits per heavy atom. The lowest BCUT2D eigenvalue weighted by Crippen LogP contribution is -2.29. The molecule has 1 aromatic rings. The lowest BCUT2D eigenvalue weighted by molar-refractivity contribution is 0.353. The molecule has 0 amide bonds. The predicted octanol–water partition coefficient (Wildman–Crippen LogP) is 1.13. The van der Waals surface area contributed by atoms with Gasteiger partial charge in [-0.25, -0.2) is 13.1 Å². The topological polar surface area (TPSA) is 90.7 Å². The molecule has 0 spiro atoms. The maximum Gasteiger partial charge on any atom is 0.241 e. The Labute approximate surface area is 127 Å². The van der Waals surface area contributed by atoms with E-state index in [1.807, 2.05) is 0 Å². The summed E-state index contributed by atoms with van der Waals surface area (Å²) in [5.74, 6) is 0.788. The van der Waals surface area contributed by atoms with E-state index in [-0.39, 0.29) is 30.4 Å². The Morgan fingerprint density at radius 2 is 1.79 bits per heavy atom. The van der Waals surface area contributed by atoms with Gasteiger partial charge in [0.1, 0.15) is 4.90 Å². The van der Waals surface area contributed by atoms with E-state index in [1.54, 1.807) is 0 Å². The first-order valence-electron chi connectivity index (χ1n) is 5.07. The van der Waals surface area contributed by atoms with E-state index in [1.165, 1.54) is 26.4 Å². The zero-order valence-electron chi connectivity index (χ0n) is 10.5. The molecule has 0 heterocycles. The average molecular weight is 376 g/mol. The van der Waals surface area contributed by atoms with Crippen molar-refractivity contribution in [3.63, 3.8) is 0 Å². The third-order valence-electron chi connectivity index (χ3n) is 2.16. The SMILES string of the molecule is COc1cc(Br)c(S(=O)(=O)NCCN)cc1OC.Cl. The summed E-state index contributed by atoms with van der Waals surface area (Å²) in [5.41, 5.74) is 5.27. The third kappa shape index (κ3) is 4.50. The molecule has 0 aliphatic heterocycles. The van der Waals surface area contributed by atoms with Crippen molar-refractivity contribution in [3.8, 4) is 11.5 Å². The standard InChI is InChI=1S/C10H15BrN2O4S.ClH/c1-16-8-5-7(11)10(6-9(8)17-2)18(14,15)13-4-3-12;/h5-6,13H,3-4,12H2,1-2H3;1H. The number of ether oxygens (including phenoxy) is 2. The first-order chi connectivity index (χ1) is 8.46. The van der Waals surface area contributed by atoms with E-state index in [9.17, 15) is 8.42 Å². The molecule has 0 unspecified atom stereocenters. The smallest absolute Gasteiger partial charge is 0.241 e. The number of sulfonamides is 1. The van der Waals surface area contributed by atoms with Gasteiger partial charge < -0.3 is 15.2 Å². The number of hydrogen-bond donors (Lipinski definition) is 2. The highest BCUT2D eigenvalue weighted by Crippen LogP contribution is 2.35. The van der Waals surface area contributed by atoms with Crippen LogP contribution >= 0.6 is 28.3 Å². The molecular formula is C10H16BrClN2O4S. The van der Waals surface area contributed by atoms with Gasteiger partial charge in [0.15, 0.2) is 11.5 Å². The van der Waals surface area contributed by atoms with E-state index >= 15 is 0 Å². The second kappa shape index (κ2) is 7.91. The van der Waals surface area contributed by atoms with Crippen LogP contribution < -0.4 is 19.9 Å². The van der Waals surface area contributed by atoms with Crippen LogP contribution in [0.4, 0.5) is 0 Å². The van der Waals surface area contributed by atoms with Crippen molar-refractivity contribution < 1.29 is 17.9 Å². The molecule has 0 fully saturated rings. The molecule has 0 aliphatic rings. The van der Waals surface area contributed by atoms with E-state index in [4.69, 9.17) is 15.2 Å². The molecule has 0 aromatic heterocycles. The summed E-state index contributed by atoms with van der Waals surface area (Å²) in [4.78, 5) is 0.0774. The highest BCUT2D eigenvalue weighted by atomic mass is 79.9. The molecule has 9 heteroatoms. The van der Waals surface area contributed by atoms with Crippen molar-refractivity contribution in [2.24, 2.45) is 5.73 Å². The van der Waals surface area contributed by atoms with Gasteiger partial charge in [0.05, 0.1) is 14.2 Å². The molecule has 110 valence electrons. The minimum absolute atomic E-state index is 0. The molecule has 3 N–H and O–H groups in total. The number of rotatable bonds is 6. The molecule has 1 aromatic carbocycles. The Bertz CT molecular complexity index is 525. The fourth-order valence-corrected chi connectivity index (χ4v) is 3.39. The van der Waals surface area contributed by atoms with Gasteiger partial charge in [0.2, 0.25) is 10.0 Å². The largest absolute Gasteiger partial charge is 0.493 e. The van der Waals surface area contributed by atoms with E-state index in [0.29, 0.717) is 16.0 Å². The fraction of sp³-hybridized carbons (Fsp3) is 0.400. The van der Waals surface area contributed by atoms with Crippen molar-refractivity contribution in [2.45, 2.75) is 4.90 Å². The third-order valence-corrected chi connectivity index (χ3v) is 4.58. The monoisotopic (exact) mass is 374 g/mol. The van der Waals surface area contributed by atoms with Crippen LogP contribution in [0.5, 0.6) is 11.5 Å². The Kier molecular flexibility index (Phi) is 7.68. The second-order valence-electron chi connectivity index (χ2n) is 3.32. The van der Waals surface area contributed by atoms with Crippen molar-refractivity contribution >= 4 is 38.4 Å². The molecular weight excluding hydrogens is 360 g/mol. The molecule has 19 heavy (non-hydrogen) atoms. The van der Waals surface area contributed by atoms with Gasteiger partial charge in [-0.1, -0.05) is 0 Å². The number of hydrogen-bond acceptors (Lipinski definition) is 5. The molecule has 0 radical (unpaired) electrons. The maximum atomic E-state index is 12.0. The molecule has 0 saturated carbocycles. The molecule has 0 bridgehead atoms. The number of nitrogens with two attached hydrogens (primary N) is 1. The van der Waals surface area contributed by atoms with Crippen LogP contribution in [0.2, 0.25) is 0 Å². The Hall–Kier alpha value is -0.540. The molecule has 0 aliphatic carbocycles. The highest BCUT2D eigenvalue weighted by molar-refractivity contribution is 9.10. The zero-order chi connectivity index (χ0) is 13.8. The van der Waals surface area contributed by atoms with Crippen LogP contribution in [0.15, 0.2) is 21.5 Å². The van der Waals surface area contributed by atoms with Gasteiger partial charge in [0, 0.05) is 23.6 Å². The van der Waals surface area contributed by atoms with Gasteiger partial charge in [-0.3, -0.25) is 0 Å². The summed E-state index contributed by atoms with van der Waals surface area (Å²) in [6.45, 7) is 0.396. The van der Waals surface area contributed by atoms with Crippen molar-refractivity contribution in [1.82, 2.24) is 4.72 Å². The number of methoxy groups -OCH3 is 2. The fourth-order valence-electron chi connectivity index (χ4n) is 1.31. The van der Waals surface area contributed by atoms with Crippen LogP contribution in [0.25, 0.3) is 0 Å². The Morgan fingerprint density at radius 1 is 1.26 bits per heavy atom. The number of benzene rings is 1. The van der Waals surface area contributed by atoms with Crippen LogP contribution in [0.1, 0.15) is 0 Å². The Balaban J connectivity index is 0.00000324. The van der Waals surface area contributed by atoms with Gasteiger partial charge in [-0.05, 0) is 22.0 Å². The van der Waals surface area contributed by atoms with Crippen LogP contribution in [0.3, 0.4) is 0 Å². The van der Waals surface area contributed by atoms with Crippen LogP contribution in [-0.2, 0) is 10.0 Å². The molecule has 0 saturated heterocycles. The number of nitrogens with one attached hydrogen (secondary N) is 1. The summed E-state index contributed by atoms with van der Waals surface area (Å²) >= 11 is 3.19. The van der Waals surface area contributed by atoms with Crippen LogP contribution in [0, 0.1) is 0 Å². The van der Waals surface area contributed by atoms with E-state index in [2.05, 4.69) is 20.7 Å². The molecule has 1 rings (SSSR count). The predicted molar refractivity (Wildman–Crippen MR) is 78.7 cm³/mol. The van der Waals surface area contributed by atoms with Crippen molar-refractivity contribution in [3.05, 3.63) is 16.6 Å². The lowest BCUT2D eigenvalue weighted by atomic mass is 10.3. The zero-order valence-corrected chi connectivity index (χ0v) is 13.7. The summed E-state index contributed by atoms with van der Waals surface area (Å²) in [6.07, 6.45) is 0. The summed E-state index contributed by atoms with van der Waals surface area (Å²) in [7, 11) is -0.706. The second-order valence-corrected chi connectivity index (χ2v) is 5.91. The van der Waals surface area contributed by atoms with Gasteiger partial charge in [-0.15, -0.1) is 12.4 Å². The summed E-state index contributed by atoms with van der Waals surface area (Å²) in [6, 6.07) is 2.93. The summed E-state index contributed by atoms with van der Waals surface area (Å²) < 4.78 is 36.9. The minimum Gasteiger partial charge on any atom is -0.493 e. The minimum atomic E-state index is -3.62. The van der Waals surface area contributed by atoms with E-state index < -0.39 is 10.0 Å². The first-order valence-corrected chi connectivity index (χ1v) is 7.35. The average Bonchev–Trinajstić information content (AvgIpc) is 2.35. The maximum absolute atomic E-state index is 12.0. The van der Waals surface area contributed by atoms with Gasteiger partial charge in [0.25, 0.3) is 0 Å².